The van der Waals surface area contributed by atoms with Crippen molar-refractivity contribution in [2.45, 2.75) is 112 Å². The van der Waals surface area contributed by atoms with Gasteiger partial charge in [0, 0.05) is 0 Å². The topological polar surface area (TPSA) is 191 Å². The lowest BCUT2D eigenvalue weighted by Crippen LogP contribution is -2.62. The Balaban J connectivity index is 1.69. The van der Waals surface area contributed by atoms with Crippen molar-refractivity contribution in [2.24, 2.45) is 64.1 Å². The molecule has 0 aromatic rings. The first kappa shape index (κ1) is 37.2. The summed E-state index contributed by atoms with van der Waals surface area (Å²) in [5, 5.41) is 0. The molecular weight excluding hydrogens is 649 g/mol. The average Bonchev–Trinajstić information content (AvgIpc) is 3.19. The van der Waals surface area contributed by atoms with Crippen LogP contribution in [0.15, 0.2) is 12.2 Å². The molecule has 4 aliphatic rings. The molecule has 4 fully saturated rings. The zero-order valence-electron chi connectivity index (χ0n) is 27.3. The zero-order valence-corrected chi connectivity index (χ0v) is 29.7. The molecule has 4 rings (SSSR count). The van der Waals surface area contributed by atoms with Gasteiger partial charge in [0.05, 0.1) is 6.10 Å². The van der Waals surface area contributed by atoms with E-state index in [-0.39, 0.29) is 36.0 Å². The zero-order chi connectivity index (χ0) is 33.9. The van der Waals surface area contributed by atoms with E-state index in [1.165, 1.54) is 0 Å². The standard InChI is InChI=1S/C30H52O12S3/c1-17(2)20(18(3)4)9-8-19(5)22-10-11-23-21-14-26(40-43(31,32)33)25-15-27(41-44(34,35)36)28(42-45(37,38)39)16-30(25,7)24(21)12-13-29(22,23)6/h8-9,17-28H,10-16H2,1-7H3,(H,31,32,33)(H,34,35,36)(H,37,38,39)/b9-8-/t19-,21+,22-,23+,24+,25-,26+,27+,28+,29-,30-/m1/s1. The number of hydrogen-bond donors (Lipinski definition) is 3. The number of fused-ring (bicyclic) bond motifs is 5. The van der Waals surface area contributed by atoms with Gasteiger partial charge in [0.15, 0.2) is 0 Å². The lowest BCUT2D eigenvalue weighted by Gasteiger charge is -2.63. The monoisotopic (exact) mass is 700 g/mol. The van der Waals surface area contributed by atoms with Crippen molar-refractivity contribution < 1.29 is 51.5 Å². The van der Waals surface area contributed by atoms with Crippen LogP contribution >= 0.6 is 0 Å². The summed E-state index contributed by atoms with van der Waals surface area (Å²) >= 11 is 0. The molecule has 3 N–H and O–H groups in total. The molecule has 15 heteroatoms. The highest BCUT2D eigenvalue weighted by molar-refractivity contribution is 7.81. The molecule has 0 saturated heterocycles. The Labute approximate surface area is 269 Å². The lowest BCUT2D eigenvalue weighted by molar-refractivity contribution is -0.183. The summed E-state index contributed by atoms with van der Waals surface area (Å²) in [5.74, 6) is 1.71. The van der Waals surface area contributed by atoms with Gasteiger partial charge in [0.1, 0.15) is 12.2 Å². The maximum Gasteiger partial charge on any atom is 0.397 e. The third kappa shape index (κ3) is 8.15. The van der Waals surface area contributed by atoms with Gasteiger partial charge in [-0.25, -0.2) is 12.5 Å². The van der Waals surface area contributed by atoms with Crippen LogP contribution in [0.5, 0.6) is 0 Å². The first-order valence-electron chi connectivity index (χ1n) is 16.1. The van der Waals surface area contributed by atoms with E-state index in [2.05, 4.69) is 53.7 Å². The second-order valence-corrected chi connectivity index (χ2v) is 18.5. The van der Waals surface area contributed by atoms with Gasteiger partial charge in [-0.15, -0.1) is 0 Å². The van der Waals surface area contributed by atoms with Crippen molar-refractivity contribution in [3.8, 4) is 0 Å². The van der Waals surface area contributed by atoms with E-state index in [9.17, 15) is 38.9 Å². The average molecular weight is 701 g/mol. The minimum absolute atomic E-state index is 0.0255. The molecule has 12 nitrogen and oxygen atoms in total. The largest absolute Gasteiger partial charge is 0.397 e. The Bertz CT molecular complexity index is 1420. The van der Waals surface area contributed by atoms with E-state index in [1.54, 1.807) is 0 Å². The van der Waals surface area contributed by atoms with Crippen LogP contribution < -0.4 is 0 Å². The van der Waals surface area contributed by atoms with E-state index in [4.69, 9.17) is 12.5 Å². The minimum atomic E-state index is -5.07. The summed E-state index contributed by atoms with van der Waals surface area (Å²) in [7, 11) is -15.0. The molecule has 0 aromatic heterocycles. The lowest BCUT2D eigenvalue weighted by atomic mass is 9.43. The minimum Gasteiger partial charge on any atom is -0.264 e. The molecular formula is C30H52O12S3. The van der Waals surface area contributed by atoms with E-state index < -0.39 is 60.8 Å². The van der Waals surface area contributed by atoms with Crippen LogP contribution in [-0.4, -0.2) is 57.2 Å². The van der Waals surface area contributed by atoms with Crippen LogP contribution in [0.3, 0.4) is 0 Å². The molecule has 0 bridgehead atoms. The van der Waals surface area contributed by atoms with Crippen molar-refractivity contribution >= 4 is 31.2 Å². The van der Waals surface area contributed by atoms with Gasteiger partial charge in [0.2, 0.25) is 0 Å². The normalized spacial score (nSPS) is 40.1. The predicted molar refractivity (Wildman–Crippen MR) is 167 cm³/mol. The molecule has 4 aliphatic carbocycles. The van der Waals surface area contributed by atoms with Gasteiger partial charge in [-0.1, -0.05) is 60.6 Å². The van der Waals surface area contributed by atoms with Crippen molar-refractivity contribution in [1.29, 1.82) is 0 Å². The van der Waals surface area contributed by atoms with Gasteiger partial charge < -0.3 is 0 Å². The summed E-state index contributed by atoms with van der Waals surface area (Å²) in [6.07, 6.45) is 4.19. The molecule has 0 spiro atoms. The summed E-state index contributed by atoms with van der Waals surface area (Å²) in [6.45, 7) is 15.4. The van der Waals surface area contributed by atoms with Crippen LogP contribution in [0, 0.1) is 64.1 Å². The van der Waals surface area contributed by atoms with Gasteiger partial charge >= 0.3 is 31.2 Å². The van der Waals surface area contributed by atoms with Crippen molar-refractivity contribution in [3.05, 3.63) is 12.2 Å². The Hall–Kier alpha value is -0.650. The fraction of sp³-hybridized carbons (Fsp3) is 0.933. The Morgan fingerprint density at radius 2 is 1.16 bits per heavy atom. The van der Waals surface area contributed by atoms with Crippen LogP contribution in [-0.2, 0) is 43.7 Å². The summed E-state index contributed by atoms with van der Waals surface area (Å²) < 4.78 is 115. The first-order chi connectivity index (χ1) is 20.4. The summed E-state index contributed by atoms with van der Waals surface area (Å²) in [5.41, 5.74) is -0.878. The molecule has 11 atom stereocenters. The molecule has 0 amide bonds. The second kappa shape index (κ2) is 13.0. The fourth-order valence-corrected chi connectivity index (χ4v) is 12.1. The fourth-order valence-electron chi connectivity index (χ4n) is 10.6. The van der Waals surface area contributed by atoms with Crippen LogP contribution in [0.1, 0.15) is 93.4 Å². The van der Waals surface area contributed by atoms with E-state index in [0.29, 0.717) is 36.0 Å². The number of allylic oxidation sites excluding steroid dienone is 2. The van der Waals surface area contributed by atoms with Gasteiger partial charge in [-0.2, -0.15) is 25.3 Å². The van der Waals surface area contributed by atoms with Gasteiger partial charge in [-0.3, -0.25) is 13.7 Å². The third-order valence-electron chi connectivity index (χ3n) is 12.2. The smallest absolute Gasteiger partial charge is 0.264 e. The SMILES string of the molecule is CC(C)C(/C=C\[C@@H](C)[C@H]1CC[C@H]2[C@@H]3C[C@H](OS(=O)(=O)O)[C@H]4C[C@H](OS(=O)(=O)O)[C@@H](OS(=O)(=O)O)C[C@]4(C)[C@H]3CC[C@]12C)C(C)C. The van der Waals surface area contributed by atoms with Crippen molar-refractivity contribution in [1.82, 2.24) is 0 Å². The van der Waals surface area contributed by atoms with E-state index in [1.807, 2.05) is 6.92 Å². The van der Waals surface area contributed by atoms with Gasteiger partial charge in [0.25, 0.3) is 0 Å². The Morgan fingerprint density at radius 3 is 1.69 bits per heavy atom. The van der Waals surface area contributed by atoms with Crippen LogP contribution in [0.2, 0.25) is 0 Å². The van der Waals surface area contributed by atoms with E-state index >= 15 is 0 Å². The molecule has 0 unspecified atom stereocenters. The first-order valence-corrected chi connectivity index (χ1v) is 20.2. The highest BCUT2D eigenvalue weighted by Crippen LogP contribution is 2.69. The molecule has 0 aliphatic heterocycles. The number of rotatable bonds is 11. The molecule has 262 valence electrons. The van der Waals surface area contributed by atoms with Crippen LogP contribution in [0.4, 0.5) is 0 Å². The second-order valence-electron chi connectivity index (χ2n) is 15.4. The maximum absolute atomic E-state index is 12.1. The third-order valence-corrected chi connectivity index (χ3v) is 13.7. The van der Waals surface area contributed by atoms with Crippen LogP contribution in [0.25, 0.3) is 0 Å². The Kier molecular flexibility index (Phi) is 10.7. The molecule has 0 heterocycles. The highest BCUT2D eigenvalue weighted by Gasteiger charge is 2.65. The quantitative estimate of drug-likeness (QED) is 0.180. The molecule has 45 heavy (non-hydrogen) atoms. The van der Waals surface area contributed by atoms with Crippen molar-refractivity contribution in [2.75, 3.05) is 0 Å². The van der Waals surface area contributed by atoms with E-state index in [0.717, 1.165) is 25.7 Å². The van der Waals surface area contributed by atoms with Gasteiger partial charge in [-0.05, 0) is 109 Å². The summed E-state index contributed by atoms with van der Waals surface area (Å²) in [4.78, 5) is 0. The predicted octanol–water partition coefficient (Wildman–Crippen LogP) is 5.55. The molecule has 4 saturated carbocycles. The molecule has 0 aromatic carbocycles. The summed E-state index contributed by atoms with van der Waals surface area (Å²) in [6, 6.07) is 0. The highest BCUT2D eigenvalue weighted by atomic mass is 32.3. The maximum atomic E-state index is 12.1. The number of hydrogen-bond acceptors (Lipinski definition) is 9. The van der Waals surface area contributed by atoms with Crippen molar-refractivity contribution in [3.63, 3.8) is 0 Å². The Morgan fingerprint density at radius 1 is 0.644 bits per heavy atom. The molecule has 0 radical (unpaired) electrons.